The monoisotopic (exact) mass is 610 g/mol. The van der Waals surface area contributed by atoms with Crippen LogP contribution in [0.2, 0.25) is 0 Å². The fourth-order valence-corrected chi connectivity index (χ4v) is 6.36. The molecule has 11 nitrogen and oxygen atoms in total. The maximum Gasteiger partial charge on any atom is 0.335 e. The van der Waals surface area contributed by atoms with Gasteiger partial charge in [0.15, 0.2) is 17.5 Å². The first-order valence-electron chi connectivity index (χ1n) is 13.7. The van der Waals surface area contributed by atoms with E-state index in [2.05, 4.69) is 31.0 Å². The first kappa shape index (κ1) is 27.0. The summed E-state index contributed by atoms with van der Waals surface area (Å²) in [6.07, 6.45) is 7.78. The highest BCUT2D eigenvalue weighted by molar-refractivity contribution is 9.10. The van der Waals surface area contributed by atoms with Gasteiger partial charge in [0, 0.05) is 43.2 Å². The Bertz CT molecular complexity index is 1440. The Balaban J connectivity index is 1.20. The Morgan fingerprint density at radius 3 is 2.70 bits per heavy atom. The van der Waals surface area contributed by atoms with Gasteiger partial charge >= 0.3 is 5.97 Å². The van der Waals surface area contributed by atoms with Gasteiger partial charge in [-0.25, -0.2) is 9.78 Å². The number of nitrogens with zero attached hydrogens (tertiary/aromatic N) is 6. The number of anilines is 1. The summed E-state index contributed by atoms with van der Waals surface area (Å²) in [7, 11) is 0. The van der Waals surface area contributed by atoms with Crippen molar-refractivity contribution >= 4 is 51.5 Å². The second kappa shape index (κ2) is 11.4. The second-order valence-corrected chi connectivity index (χ2v) is 11.3. The zero-order valence-electron chi connectivity index (χ0n) is 22.2. The first-order chi connectivity index (χ1) is 19.4. The maximum atomic E-state index is 12.3. The van der Waals surface area contributed by atoms with Crippen molar-refractivity contribution in [3.05, 3.63) is 52.3 Å². The van der Waals surface area contributed by atoms with Gasteiger partial charge in [0.05, 0.1) is 42.4 Å². The number of carboxylic acid groups (broad SMARTS) is 1. The maximum absolute atomic E-state index is 12.3. The van der Waals surface area contributed by atoms with E-state index in [9.17, 15) is 9.90 Å². The van der Waals surface area contributed by atoms with Crippen LogP contribution < -0.4 is 5.73 Å². The van der Waals surface area contributed by atoms with E-state index in [-0.39, 0.29) is 11.8 Å². The first-order valence-corrected chi connectivity index (χ1v) is 14.5. The molecule has 2 aliphatic heterocycles. The van der Waals surface area contributed by atoms with Crippen LogP contribution in [0, 0.1) is 0 Å². The van der Waals surface area contributed by atoms with Gasteiger partial charge in [0.2, 0.25) is 5.69 Å². The van der Waals surface area contributed by atoms with Crippen molar-refractivity contribution in [2.24, 2.45) is 5.10 Å². The molecule has 1 unspecified atom stereocenters. The summed E-state index contributed by atoms with van der Waals surface area (Å²) < 4.78 is 15.7. The summed E-state index contributed by atoms with van der Waals surface area (Å²) in [4.78, 5) is 19.6. The van der Waals surface area contributed by atoms with Crippen LogP contribution in [0.3, 0.4) is 0 Å². The van der Waals surface area contributed by atoms with Crippen LogP contribution in [0.1, 0.15) is 48.8 Å². The van der Waals surface area contributed by atoms with E-state index < -0.39 is 11.6 Å². The minimum Gasteiger partial charge on any atom is -0.479 e. The third-order valence-corrected chi connectivity index (χ3v) is 8.98. The number of benzene rings is 1. The molecule has 210 valence electrons. The Morgan fingerprint density at radius 1 is 1.23 bits per heavy atom. The van der Waals surface area contributed by atoms with Gasteiger partial charge in [-0.05, 0) is 46.7 Å². The second-order valence-electron chi connectivity index (χ2n) is 10.5. The van der Waals surface area contributed by atoms with E-state index in [1.54, 1.807) is 10.7 Å². The number of nitrogens with two attached hydrogens (primary N) is 1. The quantitative estimate of drug-likeness (QED) is 0.371. The van der Waals surface area contributed by atoms with Crippen molar-refractivity contribution in [1.29, 1.82) is 0 Å². The van der Waals surface area contributed by atoms with Crippen LogP contribution in [-0.4, -0.2) is 92.7 Å². The third kappa shape index (κ3) is 5.16. The summed E-state index contributed by atoms with van der Waals surface area (Å²) in [5, 5.41) is 19.2. The molecule has 1 saturated carbocycles. The minimum atomic E-state index is -1.18. The number of carboxylic acids is 1. The Morgan fingerprint density at radius 2 is 1.98 bits per heavy atom. The van der Waals surface area contributed by atoms with Gasteiger partial charge in [-0.3, -0.25) is 4.90 Å². The normalized spacial score (nSPS) is 25.4. The van der Waals surface area contributed by atoms with Gasteiger partial charge < -0.3 is 20.3 Å². The highest BCUT2D eigenvalue weighted by Crippen LogP contribution is 2.43. The highest BCUT2D eigenvalue weighted by Gasteiger charge is 2.44. The third-order valence-electron chi connectivity index (χ3n) is 8.17. The van der Waals surface area contributed by atoms with E-state index in [0.717, 1.165) is 30.0 Å². The molecule has 0 amide bonds. The van der Waals surface area contributed by atoms with Gasteiger partial charge in [-0.2, -0.15) is 9.61 Å². The van der Waals surface area contributed by atoms with E-state index in [1.165, 1.54) is 0 Å². The molecule has 2 aromatic heterocycles. The van der Waals surface area contributed by atoms with Crippen LogP contribution in [0.25, 0.3) is 5.65 Å². The largest absolute Gasteiger partial charge is 0.479 e. The highest BCUT2D eigenvalue weighted by atomic mass is 79.9. The van der Waals surface area contributed by atoms with Gasteiger partial charge in [-0.15, -0.1) is 0 Å². The van der Waals surface area contributed by atoms with Crippen LogP contribution in [0.4, 0.5) is 11.5 Å². The molecule has 6 rings (SSSR count). The molecule has 0 radical (unpaired) electrons. The molecule has 0 bridgehead atoms. The minimum absolute atomic E-state index is 0.0433. The molecular formula is C28H33BrN7O4+. The van der Waals surface area contributed by atoms with Crippen LogP contribution in [0.15, 0.2) is 46.1 Å². The number of aliphatic carboxylic acids is 1. The molecule has 3 aliphatic rings. The number of fused-ring (bicyclic) bond motifs is 1. The average molecular weight is 612 g/mol. The smallest absolute Gasteiger partial charge is 0.335 e. The number of rotatable bonds is 8. The Labute approximate surface area is 240 Å². The SMILES string of the molecule is Nc1c(Br)c(C2CCC(OCCN3CCOCC3)(C(=O)O)CC2)nc2c(C3C=N[N+](c4ccccc4)=C3)cnn12. The van der Waals surface area contributed by atoms with Gasteiger partial charge in [0.25, 0.3) is 0 Å². The molecule has 12 heteroatoms. The number of morpholine rings is 1. The number of para-hydroxylation sites is 1. The summed E-state index contributed by atoms with van der Waals surface area (Å²) in [5.41, 5.74) is 8.73. The molecule has 1 atom stereocenters. The number of halogens is 1. The zero-order chi connectivity index (χ0) is 27.7. The number of hydrogen-bond donors (Lipinski definition) is 2. The number of aromatic nitrogens is 3. The van der Waals surface area contributed by atoms with Crippen LogP contribution in [0.5, 0.6) is 0 Å². The number of carbonyl (C=O) groups is 1. The van der Waals surface area contributed by atoms with Crippen molar-refractivity contribution in [3.63, 3.8) is 0 Å². The Kier molecular flexibility index (Phi) is 7.67. The molecule has 3 aromatic rings. The van der Waals surface area contributed by atoms with Crippen molar-refractivity contribution in [3.8, 4) is 0 Å². The standard InChI is InChI=1S/C28H32BrN7O4/c29-23-24(19-6-8-28(9-7-19,27(37)38)40-15-12-34-10-13-39-14-11-34)33-26-22(17-32-36(26)25(23)30)20-16-31-35(18-20)21-4-2-1-3-5-21/h1-5,16-20H,6-15H2,(H2-,30,32,33,37,38)/p+1. The predicted octanol–water partition coefficient (Wildman–Crippen LogP) is 3.40. The molecular weight excluding hydrogens is 578 g/mol. The molecule has 0 spiro atoms. The Hall–Kier alpha value is -3.19. The average Bonchev–Trinajstić information content (AvgIpc) is 3.64. The lowest BCUT2D eigenvalue weighted by Gasteiger charge is -2.37. The summed E-state index contributed by atoms with van der Waals surface area (Å²) in [6, 6.07) is 9.94. The summed E-state index contributed by atoms with van der Waals surface area (Å²) in [6.45, 7) is 4.19. The van der Waals surface area contributed by atoms with Gasteiger partial charge in [0.1, 0.15) is 11.7 Å². The number of ether oxygens (including phenoxy) is 2. The predicted molar refractivity (Wildman–Crippen MR) is 154 cm³/mol. The molecule has 1 aliphatic carbocycles. The van der Waals surface area contributed by atoms with Crippen molar-refractivity contribution in [1.82, 2.24) is 19.5 Å². The fraction of sp³-hybridized carbons (Fsp3) is 0.464. The zero-order valence-corrected chi connectivity index (χ0v) is 23.7. The van der Waals surface area contributed by atoms with Gasteiger partial charge in [-0.1, -0.05) is 22.9 Å². The lowest BCUT2D eigenvalue weighted by Crippen LogP contribution is -2.47. The summed E-state index contributed by atoms with van der Waals surface area (Å²) >= 11 is 3.66. The molecule has 40 heavy (non-hydrogen) atoms. The lowest BCUT2D eigenvalue weighted by molar-refractivity contribution is -0.436. The fourth-order valence-electron chi connectivity index (χ4n) is 5.78. The molecule has 1 aromatic carbocycles. The van der Waals surface area contributed by atoms with Crippen LogP contribution >= 0.6 is 15.9 Å². The van der Waals surface area contributed by atoms with Crippen LogP contribution in [-0.2, 0) is 14.3 Å². The van der Waals surface area contributed by atoms with Crippen molar-refractivity contribution < 1.29 is 24.1 Å². The molecule has 1 saturated heterocycles. The molecule has 2 fully saturated rings. The number of nitrogen functional groups attached to an aromatic ring is 1. The van der Waals surface area contributed by atoms with Crippen molar-refractivity contribution in [2.75, 3.05) is 45.2 Å². The summed E-state index contributed by atoms with van der Waals surface area (Å²) in [5.74, 6) is -0.490. The van der Waals surface area contributed by atoms with E-state index in [1.807, 2.05) is 47.4 Å². The van der Waals surface area contributed by atoms with Crippen molar-refractivity contribution in [2.45, 2.75) is 43.1 Å². The number of hydrogen-bond acceptors (Lipinski definition) is 8. The molecule has 4 heterocycles. The number of hydrazone groups is 1. The van der Waals surface area contributed by atoms with E-state index in [0.29, 0.717) is 68.0 Å². The van der Waals surface area contributed by atoms with E-state index >= 15 is 0 Å². The molecule has 3 N–H and O–H groups in total. The van der Waals surface area contributed by atoms with E-state index in [4.69, 9.17) is 20.2 Å². The topological polar surface area (TPSA) is 131 Å². The lowest BCUT2D eigenvalue weighted by atomic mass is 9.77.